The van der Waals surface area contributed by atoms with Crippen molar-refractivity contribution < 1.29 is 4.79 Å². The van der Waals surface area contributed by atoms with Crippen LogP contribution in [0, 0.1) is 0 Å². The van der Waals surface area contributed by atoms with E-state index in [0.717, 1.165) is 54.6 Å². The first-order chi connectivity index (χ1) is 15.9. The van der Waals surface area contributed by atoms with Crippen molar-refractivity contribution >= 4 is 22.8 Å². The number of fused-ring (bicyclic) bond motifs is 1. The van der Waals surface area contributed by atoms with E-state index < -0.39 is 0 Å². The van der Waals surface area contributed by atoms with Crippen molar-refractivity contribution in [2.75, 3.05) is 38.5 Å². The molecule has 2 aromatic heterocycles. The first-order valence-electron chi connectivity index (χ1n) is 11.3. The summed E-state index contributed by atoms with van der Waals surface area (Å²) in [6.07, 6.45) is 12.4. The summed E-state index contributed by atoms with van der Waals surface area (Å²) in [4.78, 5) is 26.6. The first-order valence-corrected chi connectivity index (χ1v) is 11.3. The molecule has 3 aromatic rings. The number of benzene rings is 1. The molecular weight excluding hydrogens is 414 g/mol. The average Bonchev–Trinajstić information content (AvgIpc) is 3.25. The molecule has 0 saturated carbocycles. The lowest BCUT2D eigenvalue weighted by molar-refractivity contribution is -0.112. The summed E-state index contributed by atoms with van der Waals surface area (Å²) in [6.45, 7) is 6.47. The van der Waals surface area contributed by atoms with Crippen molar-refractivity contribution in [3.05, 3.63) is 60.6 Å². The number of carbonyl (C=O) groups is 1. The number of nitrogens with one attached hydrogen (secondary N) is 1. The van der Waals surface area contributed by atoms with Crippen LogP contribution in [0.15, 0.2) is 60.6 Å². The highest BCUT2D eigenvalue weighted by atomic mass is 16.1. The lowest BCUT2D eigenvalue weighted by atomic mass is 9.88. The van der Waals surface area contributed by atoms with Gasteiger partial charge >= 0.3 is 0 Å². The SMILES string of the molecule is CN1CCN([C@]2(C)C=CC(C(=O)Nc3ncc4ccc(-c5cnn(C)c5)cc4n3)=CC2)CC1. The number of aromatic nitrogens is 4. The molecule has 8 heteroatoms. The smallest absolute Gasteiger partial charge is 0.257 e. The normalized spacial score (nSPS) is 21.8. The Balaban J connectivity index is 1.29. The number of hydrogen-bond donors (Lipinski definition) is 1. The maximum atomic E-state index is 12.9. The van der Waals surface area contributed by atoms with E-state index in [1.54, 1.807) is 10.9 Å². The molecule has 1 amide bonds. The van der Waals surface area contributed by atoms with Gasteiger partial charge in [-0.2, -0.15) is 5.10 Å². The van der Waals surface area contributed by atoms with Crippen LogP contribution in [0.2, 0.25) is 0 Å². The summed E-state index contributed by atoms with van der Waals surface area (Å²) in [5.41, 5.74) is 3.41. The van der Waals surface area contributed by atoms with E-state index in [4.69, 9.17) is 0 Å². The molecule has 1 fully saturated rings. The van der Waals surface area contributed by atoms with Gasteiger partial charge in [0.05, 0.1) is 11.7 Å². The molecule has 2 aliphatic rings. The van der Waals surface area contributed by atoms with Crippen LogP contribution in [0.25, 0.3) is 22.0 Å². The second-order valence-corrected chi connectivity index (χ2v) is 9.17. The van der Waals surface area contributed by atoms with Gasteiger partial charge in [-0.1, -0.05) is 30.4 Å². The van der Waals surface area contributed by atoms with E-state index in [2.05, 4.69) is 50.2 Å². The molecule has 3 heterocycles. The summed E-state index contributed by atoms with van der Waals surface area (Å²) >= 11 is 0. The Bertz CT molecular complexity index is 1250. The molecule has 1 atom stereocenters. The Kier molecular flexibility index (Phi) is 5.55. The number of piperazine rings is 1. The zero-order chi connectivity index (χ0) is 23.0. The molecule has 0 bridgehead atoms. The molecule has 170 valence electrons. The van der Waals surface area contributed by atoms with Crippen LogP contribution in [0.4, 0.5) is 5.95 Å². The fourth-order valence-electron chi connectivity index (χ4n) is 4.45. The van der Waals surface area contributed by atoms with Crippen LogP contribution in [0.1, 0.15) is 13.3 Å². The first kappa shape index (κ1) is 21.5. The van der Waals surface area contributed by atoms with Gasteiger partial charge in [0.2, 0.25) is 5.95 Å². The Labute approximate surface area is 193 Å². The quantitative estimate of drug-likeness (QED) is 0.668. The number of nitrogens with zero attached hydrogens (tertiary/aromatic N) is 6. The highest BCUT2D eigenvalue weighted by Gasteiger charge is 2.32. The van der Waals surface area contributed by atoms with Gasteiger partial charge in [0, 0.05) is 67.7 Å². The molecule has 8 nitrogen and oxygen atoms in total. The zero-order valence-electron chi connectivity index (χ0n) is 19.3. The third-order valence-corrected chi connectivity index (χ3v) is 6.69. The highest BCUT2D eigenvalue weighted by Crippen LogP contribution is 2.29. The van der Waals surface area contributed by atoms with E-state index >= 15 is 0 Å². The fraction of sp³-hybridized carbons (Fsp3) is 0.360. The number of carbonyl (C=O) groups excluding carboxylic acids is 1. The summed E-state index contributed by atoms with van der Waals surface area (Å²) in [6, 6.07) is 6.00. The minimum absolute atomic E-state index is 0.0484. The Morgan fingerprint density at radius 1 is 1.09 bits per heavy atom. The largest absolute Gasteiger partial charge is 0.304 e. The van der Waals surface area contributed by atoms with E-state index in [9.17, 15) is 4.79 Å². The lowest BCUT2D eigenvalue weighted by Crippen LogP contribution is -2.54. The van der Waals surface area contributed by atoms with Crippen LogP contribution in [0.5, 0.6) is 0 Å². The molecule has 33 heavy (non-hydrogen) atoms. The summed E-state index contributed by atoms with van der Waals surface area (Å²) < 4.78 is 1.77. The van der Waals surface area contributed by atoms with Crippen LogP contribution in [-0.2, 0) is 11.8 Å². The number of rotatable bonds is 4. The minimum atomic E-state index is -0.186. The fourth-order valence-corrected chi connectivity index (χ4v) is 4.45. The van der Waals surface area contributed by atoms with Gasteiger partial charge in [-0.25, -0.2) is 9.97 Å². The van der Waals surface area contributed by atoms with Crippen molar-refractivity contribution in [2.45, 2.75) is 18.9 Å². The van der Waals surface area contributed by atoms with Crippen LogP contribution in [0.3, 0.4) is 0 Å². The number of aryl methyl sites for hydroxylation is 1. The topological polar surface area (TPSA) is 79.2 Å². The Hall–Kier alpha value is -3.36. The predicted octanol–water partition coefficient (Wildman–Crippen LogP) is 2.86. The number of hydrogen-bond acceptors (Lipinski definition) is 6. The van der Waals surface area contributed by atoms with Crippen LogP contribution >= 0.6 is 0 Å². The molecule has 0 unspecified atom stereocenters. The van der Waals surface area contributed by atoms with Crippen molar-refractivity contribution in [1.29, 1.82) is 0 Å². The van der Waals surface area contributed by atoms with Gasteiger partial charge in [0.15, 0.2) is 0 Å². The minimum Gasteiger partial charge on any atom is -0.304 e. The van der Waals surface area contributed by atoms with Crippen molar-refractivity contribution in [3.63, 3.8) is 0 Å². The van der Waals surface area contributed by atoms with Gasteiger partial charge in [-0.3, -0.25) is 19.7 Å². The number of likely N-dealkylation sites (N-methyl/N-ethyl adjacent to an activating group) is 1. The second-order valence-electron chi connectivity index (χ2n) is 9.17. The third-order valence-electron chi connectivity index (χ3n) is 6.69. The monoisotopic (exact) mass is 443 g/mol. The van der Waals surface area contributed by atoms with Gasteiger partial charge in [0.25, 0.3) is 5.91 Å². The summed E-state index contributed by atoms with van der Waals surface area (Å²) in [5, 5.41) is 8.01. The van der Waals surface area contributed by atoms with E-state index in [1.807, 2.05) is 49.8 Å². The molecule has 5 rings (SSSR count). The molecule has 1 aliphatic heterocycles. The lowest BCUT2D eigenvalue weighted by Gasteiger charge is -2.44. The molecule has 1 saturated heterocycles. The van der Waals surface area contributed by atoms with E-state index in [0.29, 0.717) is 11.5 Å². The number of anilines is 1. The molecule has 1 aliphatic carbocycles. The summed E-state index contributed by atoms with van der Waals surface area (Å²) in [5.74, 6) is 0.118. The van der Waals surface area contributed by atoms with Gasteiger partial charge in [0.1, 0.15) is 0 Å². The maximum Gasteiger partial charge on any atom is 0.257 e. The molecule has 1 N–H and O–H groups in total. The second kappa shape index (κ2) is 8.53. The maximum absolute atomic E-state index is 12.9. The van der Waals surface area contributed by atoms with Gasteiger partial charge in [-0.05, 0) is 32.0 Å². The Morgan fingerprint density at radius 3 is 2.61 bits per heavy atom. The molecular formula is C25H29N7O. The van der Waals surface area contributed by atoms with Crippen molar-refractivity contribution in [1.82, 2.24) is 29.5 Å². The summed E-state index contributed by atoms with van der Waals surface area (Å²) in [7, 11) is 4.05. The van der Waals surface area contributed by atoms with Crippen LogP contribution in [-0.4, -0.2) is 74.2 Å². The number of amides is 1. The Morgan fingerprint density at radius 2 is 1.91 bits per heavy atom. The molecule has 0 radical (unpaired) electrons. The molecule has 1 aromatic carbocycles. The van der Waals surface area contributed by atoms with Crippen molar-refractivity contribution in [3.8, 4) is 11.1 Å². The van der Waals surface area contributed by atoms with Gasteiger partial charge in [-0.15, -0.1) is 0 Å². The van der Waals surface area contributed by atoms with Gasteiger partial charge < -0.3 is 4.90 Å². The van der Waals surface area contributed by atoms with E-state index in [1.165, 1.54) is 0 Å². The zero-order valence-corrected chi connectivity index (χ0v) is 19.3. The molecule has 0 spiro atoms. The van der Waals surface area contributed by atoms with Crippen LogP contribution < -0.4 is 5.32 Å². The van der Waals surface area contributed by atoms with Crippen molar-refractivity contribution in [2.24, 2.45) is 7.05 Å². The highest BCUT2D eigenvalue weighted by molar-refractivity contribution is 6.05. The standard InChI is InChI=1S/C25H29N7O/c1-25(32-12-10-30(2)11-13-32)8-6-18(7-9-25)23(33)29-24-26-15-20-5-4-19(14-22(20)28-24)21-16-27-31(3)17-21/h4-8,14-17H,9-13H2,1-3H3,(H,26,28,29,33)/t25-/m1/s1. The predicted molar refractivity (Wildman–Crippen MR) is 130 cm³/mol. The van der Waals surface area contributed by atoms with E-state index in [-0.39, 0.29) is 11.4 Å². The average molecular weight is 444 g/mol. The third kappa shape index (κ3) is 4.44.